The van der Waals surface area contributed by atoms with E-state index >= 15 is 0 Å². The maximum absolute atomic E-state index is 13.0. The van der Waals surface area contributed by atoms with E-state index in [1.54, 1.807) is 54.6 Å². The summed E-state index contributed by atoms with van der Waals surface area (Å²) in [5, 5.41) is 7.23. The van der Waals surface area contributed by atoms with Gasteiger partial charge in [-0.25, -0.2) is 9.18 Å². The molecule has 0 fully saturated rings. The fraction of sp³-hybridized carbons (Fsp3) is 0.346. The van der Waals surface area contributed by atoms with Crippen molar-refractivity contribution in [2.45, 2.75) is 44.5 Å². The molecule has 0 spiro atoms. The number of esters is 1. The van der Waals surface area contributed by atoms with E-state index in [0.717, 1.165) is 18.2 Å². The predicted octanol–water partition coefficient (Wildman–Crippen LogP) is 1.62. The van der Waals surface area contributed by atoms with Crippen molar-refractivity contribution >= 4 is 29.7 Å². The van der Waals surface area contributed by atoms with Gasteiger partial charge in [0.2, 0.25) is 11.8 Å². The van der Waals surface area contributed by atoms with Crippen molar-refractivity contribution < 1.29 is 37.8 Å². The van der Waals surface area contributed by atoms with Gasteiger partial charge in [-0.1, -0.05) is 60.7 Å². The monoisotopic (exact) mass is 515 g/mol. The van der Waals surface area contributed by atoms with E-state index < -0.39 is 60.9 Å². The molecular weight excluding hydrogens is 485 g/mol. The van der Waals surface area contributed by atoms with Crippen LogP contribution in [0.5, 0.6) is 0 Å². The summed E-state index contributed by atoms with van der Waals surface area (Å²) in [6, 6.07) is 14.1. The van der Waals surface area contributed by atoms with Crippen LogP contribution < -0.4 is 16.0 Å². The molecule has 0 aromatic heterocycles. The van der Waals surface area contributed by atoms with E-state index in [1.165, 1.54) is 6.92 Å². The van der Waals surface area contributed by atoms with Crippen LogP contribution in [0.2, 0.25) is 0 Å². The number of amides is 3. The molecule has 3 N–H and O–H groups in total. The van der Waals surface area contributed by atoms with Crippen molar-refractivity contribution in [1.82, 2.24) is 16.0 Å². The summed E-state index contributed by atoms with van der Waals surface area (Å²) in [6.07, 6.45) is -1.28. The lowest BCUT2D eigenvalue weighted by atomic mass is 10.0. The summed E-state index contributed by atoms with van der Waals surface area (Å²) >= 11 is 0. The molecule has 2 rings (SSSR count). The number of benzene rings is 2. The van der Waals surface area contributed by atoms with Crippen LogP contribution in [-0.4, -0.2) is 61.6 Å². The van der Waals surface area contributed by atoms with Crippen molar-refractivity contribution in [2.75, 3.05) is 13.8 Å². The Labute approximate surface area is 213 Å². The highest BCUT2D eigenvalue weighted by molar-refractivity contribution is 5.96. The number of ether oxygens (including phenoxy) is 2. The van der Waals surface area contributed by atoms with E-state index in [2.05, 4.69) is 20.7 Å². The van der Waals surface area contributed by atoms with Gasteiger partial charge < -0.3 is 25.4 Å². The summed E-state index contributed by atoms with van der Waals surface area (Å²) in [7, 11) is 1.09. The topological polar surface area (TPSA) is 140 Å². The summed E-state index contributed by atoms with van der Waals surface area (Å²) in [5.41, 5.74) is 1.51. The average molecular weight is 516 g/mol. The summed E-state index contributed by atoms with van der Waals surface area (Å²) in [5.74, 6) is -3.34. The summed E-state index contributed by atoms with van der Waals surface area (Å²) < 4.78 is 22.6. The van der Waals surface area contributed by atoms with Crippen molar-refractivity contribution in [3.63, 3.8) is 0 Å². The molecule has 11 heteroatoms. The van der Waals surface area contributed by atoms with Gasteiger partial charge in [0.1, 0.15) is 31.4 Å². The number of hydrogen-bond donors (Lipinski definition) is 3. The second-order valence-electron chi connectivity index (χ2n) is 8.12. The number of carbonyl (C=O) groups is 5. The minimum Gasteiger partial charge on any atom is -0.469 e. The fourth-order valence-corrected chi connectivity index (χ4v) is 3.23. The molecule has 0 aliphatic rings. The first-order valence-corrected chi connectivity index (χ1v) is 11.5. The van der Waals surface area contributed by atoms with Gasteiger partial charge in [-0.05, 0) is 18.1 Å². The molecule has 10 nitrogen and oxygen atoms in total. The Morgan fingerprint density at radius 1 is 0.811 bits per heavy atom. The zero-order valence-corrected chi connectivity index (χ0v) is 20.6. The SMILES string of the molecule is COC(=O)C[C@H](NC(=O)[C@H](C)NC(=O)[C@H](Cc1ccccc1)NC(=O)OCc1ccccc1)C(=O)CF. The Balaban J connectivity index is 2.04. The number of alkyl carbamates (subject to hydrolysis) is 1. The van der Waals surface area contributed by atoms with Crippen LogP contribution in [0.4, 0.5) is 9.18 Å². The third-order valence-electron chi connectivity index (χ3n) is 5.29. The molecule has 0 aliphatic heterocycles. The molecular formula is C26H30FN3O7. The number of alkyl halides is 1. The number of hydrogen-bond acceptors (Lipinski definition) is 7. The Bertz CT molecular complexity index is 1070. The van der Waals surface area contributed by atoms with Gasteiger partial charge in [-0.3, -0.25) is 19.2 Å². The van der Waals surface area contributed by atoms with Crippen LogP contribution in [0.25, 0.3) is 0 Å². The van der Waals surface area contributed by atoms with Crippen molar-refractivity contribution in [2.24, 2.45) is 0 Å². The predicted molar refractivity (Wildman–Crippen MR) is 131 cm³/mol. The van der Waals surface area contributed by atoms with Gasteiger partial charge in [-0.2, -0.15) is 0 Å². The lowest BCUT2D eigenvalue weighted by molar-refractivity contribution is -0.143. The van der Waals surface area contributed by atoms with Gasteiger partial charge >= 0.3 is 12.1 Å². The molecule has 0 bridgehead atoms. The minimum atomic E-state index is -1.45. The smallest absolute Gasteiger partial charge is 0.408 e. The molecule has 0 heterocycles. The van der Waals surface area contributed by atoms with Crippen LogP contribution in [0, 0.1) is 0 Å². The number of carbonyl (C=O) groups excluding carboxylic acids is 5. The third-order valence-corrected chi connectivity index (χ3v) is 5.29. The second kappa shape index (κ2) is 15.0. The highest BCUT2D eigenvalue weighted by Gasteiger charge is 2.29. The van der Waals surface area contributed by atoms with E-state index in [-0.39, 0.29) is 13.0 Å². The number of Topliss-reactive ketones (excluding diaryl/α,β-unsaturated/α-hetero) is 1. The zero-order valence-electron chi connectivity index (χ0n) is 20.6. The van der Waals surface area contributed by atoms with E-state index in [4.69, 9.17) is 4.74 Å². The molecule has 2 aromatic rings. The molecule has 2 aromatic carbocycles. The Morgan fingerprint density at radius 3 is 1.97 bits per heavy atom. The molecule has 37 heavy (non-hydrogen) atoms. The largest absolute Gasteiger partial charge is 0.469 e. The van der Waals surface area contributed by atoms with Crippen LogP contribution in [-0.2, 0) is 41.7 Å². The standard InChI is InChI=1S/C26H30FN3O7/c1-17(24(33)29-20(22(31)15-27)14-23(32)36-2)28-25(34)21(13-18-9-5-3-6-10-18)30-26(35)37-16-19-11-7-4-8-12-19/h3-12,17,20-21H,13-16H2,1-2H3,(H,28,34)(H,29,33)(H,30,35)/t17-,20-,21-/m0/s1. The maximum atomic E-state index is 13.0. The van der Waals surface area contributed by atoms with Crippen molar-refractivity contribution in [3.8, 4) is 0 Å². The number of methoxy groups -OCH3 is 1. The second-order valence-corrected chi connectivity index (χ2v) is 8.12. The van der Waals surface area contributed by atoms with Gasteiger partial charge in [0.25, 0.3) is 0 Å². The number of ketones is 1. The third kappa shape index (κ3) is 10.1. The molecule has 0 saturated carbocycles. The molecule has 0 aliphatic carbocycles. The molecule has 0 saturated heterocycles. The van der Waals surface area contributed by atoms with Gasteiger partial charge in [0.05, 0.1) is 13.5 Å². The zero-order chi connectivity index (χ0) is 27.2. The fourth-order valence-electron chi connectivity index (χ4n) is 3.23. The Kier molecular flexibility index (Phi) is 11.7. The number of halogens is 1. The normalized spacial score (nSPS) is 12.8. The summed E-state index contributed by atoms with van der Waals surface area (Å²) in [4.78, 5) is 61.3. The van der Waals surface area contributed by atoms with Gasteiger partial charge in [0.15, 0.2) is 5.78 Å². The number of rotatable bonds is 13. The maximum Gasteiger partial charge on any atom is 0.408 e. The highest BCUT2D eigenvalue weighted by atomic mass is 19.1. The first kappa shape index (κ1) is 29.0. The van der Waals surface area contributed by atoms with E-state index in [1.807, 2.05) is 6.07 Å². The highest BCUT2D eigenvalue weighted by Crippen LogP contribution is 2.06. The van der Waals surface area contributed by atoms with Crippen LogP contribution in [0.3, 0.4) is 0 Å². The Morgan fingerprint density at radius 2 is 1.41 bits per heavy atom. The van der Waals surface area contributed by atoms with Crippen LogP contribution >= 0.6 is 0 Å². The lowest BCUT2D eigenvalue weighted by Gasteiger charge is -2.22. The molecule has 3 amide bonds. The van der Waals surface area contributed by atoms with Crippen LogP contribution in [0.15, 0.2) is 60.7 Å². The average Bonchev–Trinajstić information content (AvgIpc) is 2.91. The molecule has 0 radical (unpaired) electrons. The number of nitrogens with one attached hydrogen (secondary N) is 3. The van der Waals surface area contributed by atoms with Gasteiger partial charge in [-0.15, -0.1) is 0 Å². The first-order chi connectivity index (χ1) is 17.7. The molecule has 3 atom stereocenters. The Hall–Kier alpha value is -4.28. The van der Waals surface area contributed by atoms with Crippen molar-refractivity contribution in [1.29, 1.82) is 0 Å². The summed E-state index contributed by atoms with van der Waals surface area (Å²) in [6.45, 7) is -0.0537. The van der Waals surface area contributed by atoms with Crippen molar-refractivity contribution in [3.05, 3.63) is 71.8 Å². The lowest BCUT2D eigenvalue weighted by Crippen LogP contribution is -2.55. The van der Waals surface area contributed by atoms with E-state index in [0.29, 0.717) is 0 Å². The molecule has 0 unspecified atom stereocenters. The molecule has 198 valence electrons. The van der Waals surface area contributed by atoms with Crippen LogP contribution in [0.1, 0.15) is 24.5 Å². The first-order valence-electron chi connectivity index (χ1n) is 11.5. The van der Waals surface area contributed by atoms with E-state index in [9.17, 15) is 28.4 Å². The quantitative estimate of drug-likeness (QED) is 0.345. The minimum absolute atomic E-state index is 0.00462. The van der Waals surface area contributed by atoms with Gasteiger partial charge in [0, 0.05) is 6.42 Å².